The number of nitrogens with two attached hydrogens (primary N) is 1. The lowest BCUT2D eigenvalue weighted by Crippen LogP contribution is -2.30. The van der Waals surface area contributed by atoms with Crippen molar-refractivity contribution in [3.8, 4) is 5.75 Å². The molecule has 1 atom stereocenters. The summed E-state index contributed by atoms with van der Waals surface area (Å²) in [6.07, 6.45) is 4.80. The molecule has 4 aromatic rings. The highest BCUT2D eigenvalue weighted by molar-refractivity contribution is 6.62. The number of rotatable bonds is 14. The molecule has 2 aliphatic rings. The monoisotopic (exact) mass is 711 g/mol. The van der Waals surface area contributed by atoms with E-state index in [1.54, 1.807) is 36.5 Å². The van der Waals surface area contributed by atoms with Crippen LogP contribution < -0.4 is 37.2 Å². The molecule has 0 saturated heterocycles. The van der Waals surface area contributed by atoms with E-state index in [4.69, 9.17) is 24.8 Å². The van der Waals surface area contributed by atoms with Gasteiger partial charge in [0.05, 0.1) is 18.3 Å². The molecule has 1 saturated carbocycles. The van der Waals surface area contributed by atoms with Gasteiger partial charge in [-0.15, -0.1) is 0 Å². The fourth-order valence-corrected chi connectivity index (χ4v) is 6.18. The van der Waals surface area contributed by atoms with Crippen molar-refractivity contribution in [3.05, 3.63) is 78.0 Å². The molecule has 0 spiro atoms. The maximum Gasteiger partial charge on any atom is 0.492 e. The van der Waals surface area contributed by atoms with Gasteiger partial charge in [0, 0.05) is 42.5 Å². The number of unbranched alkanes of at least 4 members (excludes halogenated alkanes) is 1. The zero-order valence-electron chi connectivity index (χ0n) is 28.5. The topological polar surface area (TPSA) is 219 Å². The second kappa shape index (κ2) is 17.2. The van der Waals surface area contributed by atoms with Gasteiger partial charge in [0.25, 0.3) is 0 Å². The number of ether oxygens (including phenoxy) is 2. The number of primary amides is 1. The van der Waals surface area contributed by atoms with E-state index >= 15 is 0 Å². The Hall–Kier alpha value is -5.45. The number of carbonyl (C=O) groups excluding carboxylic acids is 3. The van der Waals surface area contributed by atoms with Gasteiger partial charge in [-0.05, 0) is 85.4 Å². The number of nitrogens with zero attached hydrogens (tertiary/aromatic N) is 2. The van der Waals surface area contributed by atoms with Gasteiger partial charge in [-0.2, -0.15) is 0 Å². The summed E-state index contributed by atoms with van der Waals surface area (Å²) >= 11 is 0. The smallest absolute Gasteiger partial charge is 0.488 e. The standard InChI is InChI=1S/C36H42BN7O8/c38-34(47)39-17-2-1-6-32(46)42-24-9-7-22(8-10-24)21-50-36(48)41-20-31-28-16-11-25(18-29(28)37(49)52-31)43-35-40-19-23-4-3-5-30(33(23)44-35)51-27-14-12-26(45)13-15-27/h3-5,7-11,16,18-19,26-27,31,45,49H,1-2,6,12-15,17,20-21H2,(H,41,48)(H,42,46)(H3,38,39,47)(H,40,43,44). The average Bonchev–Trinajstić information content (AvgIpc) is 3.45. The predicted octanol–water partition coefficient (Wildman–Crippen LogP) is 3.52. The Morgan fingerprint density at radius 1 is 0.981 bits per heavy atom. The zero-order valence-corrected chi connectivity index (χ0v) is 28.5. The number of benzene rings is 3. The number of hydrogen-bond acceptors (Lipinski definition) is 11. The normalized spacial score (nSPS) is 18.0. The summed E-state index contributed by atoms with van der Waals surface area (Å²) in [5, 5.41) is 32.5. The first-order chi connectivity index (χ1) is 25.2. The molecule has 16 heteroatoms. The largest absolute Gasteiger partial charge is 0.492 e. The van der Waals surface area contributed by atoms with Gasteiger partial charge in [0.2, 0.25) is 11.9 Å². The third-order valence-corrected chi connectivity index (χ3v) is 8.93. The summed E-state index contributed by atoms with van der Waals surface area (Å²) in [4.78, 5) is 44.5. The fraction of sp³-hybridized carbons (Fsp3) is 0.361. The van der Waals surface area contributed by atoms with E-state index in [9.17, 15) is 24.5 Å². The minimum atomic E-state index is -1.19. The first-order valence-electron chi connectivity index (χ1n) is 17.4. The van der Waals surface area contributed by atoms with Gasteiger partial charge in [0.15, 0.2) is 0 Å². The molecule has 0 radical (unpaired) electrons. The van der Waals surface area contributed by atoms with Crippen molar-refractivity contribution in [3.63, 3.8) is 0 Å². The molecule has 1 aliphatic carbocycles. The van der Waals surface area contributed by atoms with Gasteiger partial charge in [-0.25, -0.2) is 19.6 Å². The van der Waals surface area contributed by atoms with Crippen molar-refractivity contribution >= 4 is 58.8 Å². The van der Waals surface area contributed by atoms with Crippen LogP contribution in [0.2, 0.25) is 0 Å². The molecule has 272 valence electrons. The lowest BCUT2D eigenvalue weighted by atomic mass is 9.79. The van der Waals surface area contributed by atoms with E-state index in [2.05, 4.69) is 26.3 Å². The Kier molecular flexibility index (Phi) is 12.0. The number of urea groups is 1. The first-order valence-corrected chi connectivity index (χ1v) is 17.4. The lowest BCUT2D eigenvalue weighted by Gasteiger charge is -2.26. The Balaban J connectivity index is 0.968. The summed E-state index contributed by atoms with van der Waals surface area (Å²) in [5.74, 6) is 0.878. The molecule has 8 N–H and O–H groups in total. The van der Waals surface area contributed by atoms with Gasteiger partial charge in [-0.3, -0.25) is 4.79 Å². The molecule has 1 aliphatic heterocycles. The van der Waals surface area contributed by atoms with E-state index in [1.807, 2.05) is 30.3 Å². The summed E-state index contributed by atoms with van der Waals surface area (Å²) in [7, 11) is -1.19. The molecular weight excluding hydrogens is 669 g/mol. The highest BCUT2D eigenvalue weighted by Gasteiger charge is 2.35. The van der Waals surface area contributed by atoms with Crippen LogP contribution in [0.4, 0.5) is 26.9 Å². The molecule has 15 nitrogen and oxygen atoms in total. The molecule has 1 unspecified atom stereocenters. The van der Waals surface area contributed by atoms with Crippen molar-refractivity contribution in [1.82, 2.24) is 20.6 Å². The Labute approximate surface area is 300 Å². The average molecular weight is 712 g/mol. The molecular formula is C36H42BN7O8. The third-order valence-electron chi connectivity index (χ3n) is 8.93. The number of amides is 4. The predicted molar refractivity (Wildman–Crippen MR) is 194 cm³/mol. The maximum atomic E-state index is 12.5. The van der Waals surface area contributed by atoms with Crippen LogP contribution in [-0.2, 0) is 20.8 Å². The second-order valence-corrected chi connectivity index (χ2v) is 12.8. The fourth-order valence-electron chi connectivity index (χ4n) is 6.18. The van der Waals surface area contributed by atoms with Crippen LogP contribution in [0.1, 0.15) is 62.2 Å². The Bertz CT molecular complexity index is 1870. The van der Waals surface area contributed by atoms with E-state index in [-0.39, 0.29) is 31.3 Å². The summed E-state index contributed by atoms with van der Waals surface area (Å²) in [6.45, 7) is 0.515. The molecule has 6 rings (SSSR count). The van der Waals surface area contributed by atoms with Gasteiger partial charge in [-0.1, -0.05) is 30.3 Å². The number of alkyl carbamates (subject to hydrolysis) is 1. The van der Waals surface area contributed by atoms with Crippen LogP contribution in [0.5, 0.6) is 5.75 Å². The number of nitrogens with one attached hydrogen (secondary N) is 4. The number of hydrogen-bond donors (Lipinski definition) is 7. The molecule has 2 heterocycles. The van der Waals surface area contributed by atoms with Gasteiger partial charge >= 0.3 is 19.2 Å². The molecule has 4 amide bonds. The molecule has 0 bridgehead atoms. The number of fused-ring (bicyclic) bond motifs is 2. The summed E-state index contributed by atoms with van der Waals surface area (Å²) in [6, 6.07) is 17.5. The lowest BCUT2D eigenvalue weighted by molar-refractivity contribution is -0.116. The number of carbonyl (C=O) groups is 3. The summed E-state index contributed by atoms with van der Waals surface area (Å²) in [5.41, 5.74) is 8.97. The van der Waals surface area contributed by atoms with Crippen LogP contribution in [-0.4, -0.2) is 70.5 Å². The Morgan fingerprint density at radius 2 is 1.77 bits per heavy atom. The molecule has 1 aromatic heterocycles. The van der Waals surface area contributed by atoms with Crippen LogP contribution in [0.3, 0.4) is 0 Å². The van der Waals surface area contributed by atoms with Crippen molar-refractivity contribution < 1.29 is 38.6 Å². The molecule has 3 aromatic carbocycles. The molecule has 1 fully saturated rings. The first kappa shape index (κ1) is 36.3. The van der Waals surface area contributed by atoms with Crippen molar-refractivity contribution in [2.45, 2.75) is 69.9 Å². The minimum absolute atomic E-state index is 0.0157. The number of aromatic nitrogens is 2. The second-order valence-electron chi connectivity index (χ2n) is 12.8. The van der Waals surface area contributed by atoms with Gasteiger partial charge < -0.3 is 51.3 Å². The maximum absolute atomic E-state index is 12.5. The van der Waals surface area contributed by atoms with Crippen LogP contribution in [0.25, 0.3) is 10.9 Å². The van der Waals surface area contributed by atoms with E-state index in [0.717, 1.165) is 42.2 Å². The van der Waals surface area contributed by atoms with Crippen molar-refractivity contribution in [1.29, 1.82) is 0 Å². The van der Waals surface area contributed by atoms with E-state index in [1.165, 1.54) is 0 Å². The molecule has 52 heavy (non-hydrogen) atoms. The van der Waals surface area contributed by atoms with Gasteiger partial charge in [0.1, 0.15) is 17.9 Å². The highest BCUT2D eigenvalue weighted by atomic mass is 16.6. The Morgan fingerprint density at radius 3 is 2.56 bits per heavy atom. The van der Waals surface area contributed by atoms with Crippen molar-refractivity contribution in [2.24, 2.45) is 5.73 Å². The quantitative estimate of drug-likeness (QED) is 0.0741. The summed E-state index contributed by atoms with van der Waals surface area (Å²) < 4.78 is 17.4. The highest BCUT2D eigenvalue weighted by Crippen LogP contribution is 2.30. The zero-order chi connectivity index (χ0) is 36.5. The number of aliphatic hydroxyl groups is 1. The van der Waals surface area contributed by atoms with E-state index in [0.29, 0.717) is 59.9 Å². The number of para-hydroxylation sites is 1. The van der Waals surface area contributed by atoms with Crippen LogP contribution in [0.15, 0.2) is 66.9 Å². The van der Waals surface area contributed by atoms with E-state index < -0.39 is 25.3 Å². The third kappa shape index (κ3) is 9.87. The van der Waals surface area contributed by atoms with Crippen LogP contribution >= 0.6 is 0 Å². The number of aliphatic hydroxyl groups excluding tert-OH is 1. The number of anilines is 3. The SMILES string of the molecule is NC(=O)NCCCCC(=O)Nc1ccc(COC(=O)NCC2OB(O)c3cc(Nc4ncc5cccc(OC6CCC(O)CC6)c5n4)ccc32)cc1. The minimum Gasteiger partial charge on any atom is -0.488 e. The van der Waals surface area contributed by atoms with Crippen LogP contribution in [0, 0.1) is 0 Å². The van der Waals surface area contributed by atoms with Crippen molar-refractivity contribution in [2.75, 3.05) is 23.7 Å².